The summed E-state index contributed by atoms with van der Waals surface area (Å²) < 4.78 is 27.4. The van der Waals surface area contributed by atoms with Gasteiger partial charge in [0.2, 0.25) is 0 Å². The molecule has 0 bridgehead atoms. The number of fused-ring (bicyclic) bond motifs is 1. The fourth-order valence-electron chi connectivity index (χ4n) is 3.62. The van der Waals surface area contributed by atoms with Crippen molar-refractivity contribution in [3.63, 3.8) is 0 Å². The first-order valence-electron chi connectivity index (χ1n) is 9.63. The first kappa shape index (κ1) is 20.9. The molecule has 0 aliphatic carbocycles. The van der Waals surface area contributed by atoms with Crippen LogP contribution in [-0.2, 0) is 17.3 Å². The van der Waals surface area contributed by atoms with Crippen LogP contribution in [0.3, 0.4) is 0 Å². The van der Waals surface area contributed by atoms with Gasteiger partial charge in [-0.3, -0.25) is 4.21 Å². The molecule has 10 heteroatoms. The zero-order valence-corrected chi connectivity index (χ0v) is 17.9. The number of rotatable bonds is 6. The third kappa shape index (κ3) is 4.11. The zero-order valence-electron chi connectivity index (χ0n) is 17.1. The van der Waals surface area contributed by atoms with E-state index < -0.39 is 10.8 Å². The predicted molar refractivity (Wildman–Crippen MR) is 120 cm³/mol. The van der Waals surface area contributed by atoms with Crippen molar-refractivity contribution in [2.45, 2.75) is 19.4 Å². The second-order valence-corrected chi connectivity index (χ2v) is 8.82. The molecule has 0 saturated heterocycles. The summed E-state index contributed by atoms with van der Waals surface area (Å²) in [4.78, 5) is 13.3. The highest BCUT2D eigenvalue weighted by molar-refractivity contribution is 7.84. The van der Waals surface area contributed by atoms with E-state index in [9.17, 15) is 8.60 Å². The summed E-state index contributed by atoms with van der Waals surface area (Å²) in [5, 5.41) is 5.31. The minimum atomic E-state index is -1.01. The number of pyridine rings is 1. The number of hydrogen-bond donors (Lipinski definition) is 2. The van der Waals surface area contributed by atoms with E-state index in [0.717, 1.165) is 0 Å². The van der Waals surface area contributed by atoms with E-state index in [0.29, 0.717) is 33.6 Å². The molecule has 2 atom stereocenters. The lowest BCUT2D eigenvalue weighted by Crippen LogP contribution is -2.14. The van der Waals surface area contributed by atoms with Gasteiger partial charge in [0.05, 0.1) is 11.9 Å². The Kier molecular flexibility index (Phi) is 5.64. The Labute approximate surface area is 181 Å². The molecule has 0 aliphatic rings. The highest BCUT2D eigenvalue weighted by atomic mass is 32.2. The van der Waals surface area contributed by atoms with Gasteiger partial charge in [-0.05, 0) is 24.1 Å². The van der Waals surface area contributed by atoms with Gasteiger partial charge in [0.25, 0.3) is 0 Å². The number of anilines is 2. The minimum Gasteiger partial charge on any atom is -0.383 e. The van der Waals surface area contributed by atoms with Gasteiger partial charge in [-0.2, -0.15) is 5.10 Å². The Bertz CT molecular complexity index is 1270. The highest BCUT2D eigenvalue weighted by Crippen LogP contribution is 2.31. The molecule has 8 nitrogen and oxygen atoms in total. The molecule has 31 heavy (non-hydrogen) atoms. The number of benzene rings is 1. The van der Waals surface area contributed by atoms with Crippen LogP contribution in [0, 0.1) is 5.82 Å². The Hall–Kier alpha value is -3.40. The first-order valence-corrected chi connectivity index (χ1v) is 11.4. The lowest BCUT2D eigenvalue weighted by Gasteiger charge is -2.15. The van der Waals surface area contributed by atoms with Crippen LogP contribution in [0.25, 0.3) is 22.6 Å². The molecule has 3 aromatic heterocycles. The Balaban J connectivity index is 1.80. The number of hydrogen-bond acceptors (Lipinski definition) is 7. The summed E-state index contributed by atoms with van der Waals surface area (Å²) >= 11 is 0. The largest absolute Gasteiger partial charge is 0.383 e. The fraction of sp³-hybridized carbons (Fsp3) is 0.238. The molecule has 0 aliphatic heterocycles. The van der Waals surface area contributed by atoms with Gasteiger partial charge in [-0.25, -0.2) is 24.0 Å². The normalized spacial score (nSPS) is 13.4. The van der Waals surface area contributed by atoms with Gasteiger partial charge in [-0.1, -0.05) is 25.1 Å². The smallest absolute Gasteiger partial charge is 0.184 e. The summed E-state index contributed by atoms with van der Waals surface area (Å²) in [6, 6.07) is 10.1. The molecule has 0 fully saturated rings. The zero-order chi connectivity index (χ0) is 22.1. The topological polar surface area (TPSA) is 126 Å². The average molecular weight is 440 g/mol. The van der Waals surface area contributed by atoms with Gasteiger partial charge in [0, 0.05) is 40.1 Å². The molecule has 160 valence electrons. The van der Waals surface area contributed by atoms with E-state index in [2.05, 4.69) is 20.1 Å². The predicted octanol–water partition coefficient (Wildman–Crippen LogP) is 2.72. The monoisotopic (exact) mass is 439 g/mol. The third-order valence-corrected chi connectivity index (χ3v) is 5.95. The molecular weight excluding hydrogens is 417 g/mol. The Morgan fingerprint density at radius 3 is 2.52 bits per heavy atom. The Morgan fingerprint density at radius 2 is 1.84 bits per heavy atom. The summed E-state index contributed by atoms with van der Waals surface area (Å²) in [6.07, 6.45) is 3.27. The van der Waals surface area contributed by atoms with Gasteiger partial charge < -0.3 is 11.5 Å². The first-order chi connectivity index (χ1) is 14.8. The van der Waals surface area contributed by atoms with Crippen LogP contribution in [0.2, 0.25) is 0 Å². The lowest BCUT2D eigenvalue weighted by molar-refractivity contribution is 0.589. The number of halogens is 1. The summed E-state index contributed by atoms with van der Waals surface area (Å²) in [6.45, 7) is 2.08. The van der Waals surface area contributed by atoms with E-state index in [1.807, 2.05) is 13.0 Å². The van der Waals surface area contributed by atoms with Crippen molar-refractivity contribution in [1.29, 1.82) is 0 Å². The molecule has 3 heterocycles. The number of nitrogen functional groups attached to an aromatic ring is 2. The Morgan fingerprint density at radius 1 is 1.13 bits per heavy atom. The molecule has 1 aromatic carbocycles. The summed E-state index contributed by atoms with van der Waals surface area (Å²) in [7, 11) is -1.01. The molecule has 0 radical (unpaired) electrons. The van der Waals surface area contributed by atoms with E-state index in [1.54, 1.807) is 41.4 Å². The maximum absolute atomic E-state index is 14.2. The standard InChI is InChI=1S/C21H22FN7OS/c1-12(11-31(2)30)16-18(23)26-20(27-19(16)24)17-14-7-5-9-25-21(14)29(28-17)10-13-6-3-4-8-15(13)22/h3-9,12H,10-11H2,1-2H3,(H4,23,24,26,27). The van der Waals surface area contributed by atoms with Crippen LogP contribution >= 0.6 is 0 Å². The van der Waals surface area contributed by atoms with E-state index in [-0.39, 0.29) is 35.7 Å². The molecule has 0 amide bonds. The molecular formula is C21H22FN7OS. The quantitative estimate of drug-likeness (QED) is 0.473. The van der Waals surface area contributed by atoms with E-state index >= 15 is 0 Å². The van der Waals surface area contributed by atoms with Crippen molar-refractivity contribution in [3.8, 4) is 11.5 Å². The second-order valence-electron chi connectivity index (χ2n) is 7.34. The van der Waals surface area contributed by atoms with Crippen molar-refractivity contribution in [3.05, 3.63) is 59.5 Å². The minimum absolute atomic E-state index is 0.156. The maximum atomic E-state index is 14.2. The van der Waals surface area contributed by atoms with Crippen LogP contribution in [0.15, 0.2) is 42.6 Å². The third-order valence-electron chi connectivity index (χ3n) is 4.98. The molecule has 0 spiro atoms. The van der Waals surface area contributed by atoms with Gasteiger partial charge in [0.15, 0.2) is 11.5 Å². The van der Waals surface area contributed by atoms with Crippen molar-refractivity contribution < 1.29 is 8.60 Å². The SMILES string of the molecule is CC(CS(C)=O)c1c(N)nc(-c2nn(Cc3ccccc3F)c3ncccc23)nc1N. The molecule has 4 N–H and O–H groups in total. The number of aromatic nitrogens is 5. The highest BCUT2D eigenvalue weighted by Gasteiger charge is 2.22. The second kappa shape index (κ2) is 8.38. The molecule has 4 rings (SSSR count). The molecule has 0 saturated carbocycles. The maximum Gasteiger partial charge on any atom is 0.184 e. The van der Waals surface area contributed by atoms with Crippen molar-refractivity contribution in [2.75, 3.05) is 23.5 Å². The fourth-order valence-corrected chi connectivity index (χ4v) is 4.49. The van der Waals surface area contributed by atoms with E-state index in [1.165, 1.54) is 6.07 Å². The summed E-state index contributed by atoms with van der Waals surface area (Å²) in [5.41, 5.74) is 14.5. The van der Waals surface area contributed by atoms with Crippen LogP contribution in [0.1, 0.15) is 24.0 Å². The lowest BCUT2D eigenvalue weighted by atomic mass is 10.0. The van der Waals surface area contributed by atoms with Crippen LogP contribution in [0.5, 0.6) is 0 Å². The molecule has 4 aromatic rings. The number of nitrogens with zero attached hydrogens (tertiary/aromatic N) is 5. The van der Waals surface area contributed by atoms with Gasteiger partial charge in [-0.15, -0.1) is 0 Å². The van der Waals surface area contributed by atoms with Crippen molar-refractivity contribution in [2.24, 2.45) is 0 Å². The van der Waals surface area contributed by atoms with E-state index in [4.69, 9.17) is 11.5 Å². The van der Waals surface area contributed by atoms with Crippen molar-refractivity contribution in [1.82, 2.24) is 24.7 Å². The molecule has 2 unspecified atom stereocenters. The summed E-state index contributed by atoms with van der Waals surface area (Å²) in [5.74, 6) is 0.634. The van der Waals surface area contributed by atoms with Crippen LogP contribution in [0.4, 0.5) is 16.0 Å². The number of nitrogens with two attached hydrogens (primary N) is 2. The van der Waals surface area contributed by atoms with Crippen LogP contribution in [-0.4, -0.2) is 40.9 Å². The van der Waals surface area contributed by atoms with Crippen LogP contribution < -0.4 is 11.5 Å². The van der Waals surface area contributed by atoms with Gasteiger partial charge >= 0.3 is 0 Å². The van der Waals surface area contributed by atoms with Gasteiger partial charge in [0.1, 0.15) is 23.1 Å². The van der Waals surface area contributed by atoms with Crippen molar-refractivity contribution >= 4 is 33.5 Å². The average Bonchev–Trinajstić information content (AvgIpc) is 3.07.